The summed E-state index contributed by atoms with van der Waals surface area (Å²) < 4.78 is 27.5. The Bertz CT molecular complexity index is 916. The summed E-state index contributed by atoms with van der Waals surface area (Å²) in [6.45, 7) is 6.92. The number of anilines is 1. The van der Waals surface area contributed by atoms with Crippen molar-refractivity contribution in [2.24, 2.45) is 0 Å². The molecule has 27 heavy (non-hydrogen) atoms. The molecule has 5 nitrogen and oxygen atoms in total. The van der Waals surface area contributed by atoms with E-state index >= 15 is 0 Å². The molecule has 0 radical (unpaired) electrons. The van der Waals surface area contributed by atoms with Crippen LogP contribution in [0.15, 0.2) is 47.4 Å². The Morgan fingerprint density at radius 1 is 1.04 bits per heavy atom. The van der Waals surface area contributed by atoms with Gasteiger partial charge < -0.3 is 5.32 Å². The molecule has 2 aromatic rings. The Hall–Kier alpha value is -1.76. The number of sulfonamides is 1. The van der Waals surface area contributed by atoms with Crippen molar-refractivity contribution in [2.75, 3.05) is 10.8 Å². The summed E-state index contributed by atoms with van der Waals surface area (Å²) in [4.78, 5) is 12.5. The summed E-state index contributed by atoms with van der Waals surface area (Å²) >= 11 is 12.1. The van der Waals surface area contributed by atoms with E-state index in [1.807, 2.05) is 27.7 Å². The first-order chi connectivity index (χ1) is 12.4. The Morgan fingerprint density at radius 3 is 2.04 bits per heavy atom. The van der Waals surface area contributed by atoms with Crippen molar-refractivity contribution in [3.05, 3.63) is 58.1 Å². The maximum Gasteiger partial charge on any atom is 0.264 e. The van der Waals surface area contributed by atoms with Gasteiger partial charge in [0.05, 0.1) is 10.6 Å². The highest BCUT2D eigenvalue weighted by Gasteiger charge is 2.28. The van der Waals surface area contributed by atoms with Gasteiger partial charge in [-0.2, -0.15) is 0 Å². The first kappa shape index (κ1) is 21.5. The molecule has 0 saturated heterocycles. The predicted octanol–water partition coefficient (Wildman–Crippen LogP) is 4.41. The van der Waals surface area contributed by atoms with Crippen molar-refractivity contribution in [1.82, 2.24) is 5.32 Å². The van der Waals surface area contributed by atoms with Gasteiger partial charge in [0, 0.05) is 15.6 Å². The van der Waals surface area contributed by atoms with Crippen LogP contribution in [0.1, 0.15) is 26.3 Å². The summed E-state index contributed by atoms with van der Waals surface area (Å²) in [6, 6.07) is 10.8. The first-order valence-electron chi connectivity index (χ1n) is 8.25. The fraction of sp³-hybridized carbons (Fsp3) is 0.316. The normalized spacial score (nSPS) is 11.9. The number of aryl methyl sites for hydroxylation is 1. The minimum atomic E-state index is -4.00. The Balaban J connectivity index is 2.51. The molecule has 0 aliphatic carbocycles. The molecular weight excluding hydrogens is 407 g/mol. The van der Waals surface area contributed by atoms with Gasteiger partial charge >= 0.3 is 0 Å². The van der Waals surface area contributed by atoms with Gasteiger partial charge in [0.15, 0.2) is 0 Å². The second kappa shape index (κ2) is 8.09. The fourth-order valence-electron chi connectivity index (χ4n) is 2.42. The first-order valence-corrected chi connectivity index (χ1v) is 10.4. The molecule has 0 aliphatic rings. The summed E-state index contributed by atoms with van der Waals surface area (Å²) in [6.07, 6.45) is 0. The molecule has 0 heterocycles. The highest BCUT2D eigenvalue weighted by atomic mass is 35.5. The lowest BCUT2D eigenvalue weighted by atomic mass is 10.1. The van der Waals surface area contributed by atoms with Crippen LogP contribution in [0.4, 0.5) is 5.69 Å². The van der Waals surface area contributed by atoms with Crippen molar-refractivity contribution < 1.29 is 13.2 Å². The van der Waals surface area contributed by atoms with Gasteiger partial charge in [-0.1, -0.05) is 40.9 Å². The zero-order valence-corrected chi connectivity index (χ0v) is 17.9. The molecule has 146 valence electrons. The number of hydrogen-bond acceptors (Lipinski definition) is 3. The Morgan fingerprint density at radius 2 is 1.56 bits per heavy atom. The minimum Gasteiger partial charge on any atom is -0.350 e. The van der Waals surface area contributed by atoms with Crippen molar-refractivity contribution in [3.8, 4) is 0 Å². The van der Waals surface area contributed by atoms with Gasteiger partial charge in [0.1, 0.15) is 6.54 Å². The van der Waals surface area contributed by atoms with Crippen LogP contribution in [0, 0.1) is 6.92 Å². The zero-order chi connectivity index (χ0) is 20.4. The van der Waals surface area contributed by atoms with E-state index in [0.29, 0.717) is 0 Å². The highest BCUT2D eigenvalue weighted by Crippen LogP contribution is 2.29. The molecule has 0 aliphatic heterocycles. The van der Waals surface area contributed by atoms with E-state index in [0.717, 1.165) is 9.87 Å². The molecular formula is C19H22Cl2N2O3S. The third-order valence-corrected chi connectivity index (χ3v) is 5.77. The lowest BCUT2D eigenvalue weighted by Crippen LogP contribution is -2.47. The van der Waals surface area contributed by atoms with E-state index in [2.05, 4.69) is 5.32 Å². The minimum absolute atomic E-state index is 0.0766. The maximum absolute atomic E-state index is 13.2. The largest absolute Gasteiger partial charge is 0.350 e. The third-order valence-electron chi connectivity index (χ3n) is 3.55. The van der Waals surface area contributed by atoms with E-state index in [1.54, 1.807) is 12.1 Å². The van der Waals surface area contributed by atoms with Crippen LogP contribution in [0.3, 0.4) is 0 Å². The van der Waals surface area contributed by atoms with E-state index in [9.17, 15) is 13.2 Å². The molecule has 0 aromatic heterocycles. The summed E-state index contributed by atoms with van der Waals surface area (Å²) in [7, 11) is -4.00. The number of nitrogens with one attached hydrogen (secondary N) is 1. The van der Waals surface area contributed by atoms with Gasteiger partial charge in [-0.05, 0) is 58.0 Å². The highest BCUT2D eigenvalue weighted by molar-refractivity contribution is 7.92. The lowest BCUT2D eigenvalue weighted by Gasteiger charge is -2.27. The molecule has 0 spiro atoms. The molecule has 0 bridgehead atoms. The zero-order valence-electron chi connectivity index (χ0n) is 15.6. The molecule has 1 N–H and O–H groups in total. The van der Waals surface area contributed by atoms with Crippen LogP contribution in [0.25, 0.3) is 0 Å². The summed E-state index contributed by atoms with van der Waals surface area (Å²) in [5.74, 6) is -0.436. The Kier molecular flexibility index (Phi) is 6.45. The quantitative estimate of drug-likeness (QED) is 0.766. The van der Waals surface area contributed by atoms with Gasteiger partial charge in [0.2, 0.25) is 5.91 Å². The van der Waals surface area contributed by atoms with E-state index in [-0.39, 0.29) is 20.6 Å². The fourth-order valence-corrected chi connectivity index (χ4v) is 4.34. The molecule has 0 atom stereocenters. The van der Waals surface area contributed by atoms with Gasteiger partial charge in [0.25, 0.3) is 10.0 Å². The van der Waals surface area contributed by atoms with Gasteiger partial charge in [-0.3, -0.25) is 9.10 Å². The standard InChI is InChI=1S/C19H22Cl2N2O3S/c1-13-5-7-17(8-6-13)27(25,26)23(12-18(24)22-19(2,3)4)16-10-14(20)9-15(21)11-16/h5-11H,12H2,1-4H3,(H,22,24). The second-order valence-electron chi connectivity index (χ2n) is 7.25. The lowest BCUT2D eigenvalue weighted by molar-refractivity contribution is -0.121. The Labute approximate surface area is 170 Å². The third kappa shape index (κ3) is 5.86. The van der Waals surface area contributed by atoms with Crippen LogP contribution in [-0.4, -0.2) is 26.4 Å². The van der Waals surface area contributed by atoms with Crippen molar-refractivity contribution >= 4 is 44.8 Å². The number of nitrogens with zero attached hydrogens (tertiary/aromatic N) is 1. The average Bonchev–Trinajstić information content (AvgIpc) is 2.50. The van der Waals surface area contributed by atoms with Crippen LogP contribution in [0.5, 0.6) is 0 Å². The number of hydrogen-bond donors (Lipinski definition) is 1. The molecule has 0 fully saturated rings. The predicted molar refractivity (Wildman–Crippen MR) is 110 cm³/mol. The number of carbonyl (C=O) groups excluding carboxylic acids is 1. The van der Waals surface area contributed by atoms with Crippen LogP contribution >= 0.6 is 23.2 Å². The molecule has 2 aromatic carbocycles. The van der Waals surface area contributed by atoms with Crippen molar-refractivity contribution in [1.29, 1.82) is 0 Å². The van der Waals surface area contributed by atoms with Crippen LogP contribution < -0.4 is 9.62 Å². The van der Waals surface area contributed by atoms with Crippen molar-refractivity contribution in [3.63, 3.8) is 0 Å². The summed E-state index contributed by atoms with van der Waals surface area (Å²) in [5, 5.41) is 3.32. The number of benzene rings is 2. The van der Waals surface area contributed by atoms with Gasteiger partial charge in [-0.15, -0.1) is 0 Å². The topological polar surface area (TPSA) is 66.5 Å². The van der Waals surface area contributed by atoms with E-state index in [4.69, 9.17) is 23.2 Å². The van der Waals surface area contributed by atoms with E-state index in [1.165, 1.54) is 30.3 Å². The van der Waals surface area contributed by atoms with Gasteiger partial charge in [-0.25, -0.2) is 8.42 Å². The van der Waals surface area contributed by atoms with Crippen molar-refractivity contribution in [2.45, 2.75) is 38.1 Å². The molecule has 2 rings (SSSR count). The monoisotopic (exact) mass is 428 g/mol. The number of carbonyl (C=O) groups is 1. The van der Waals surface area contributed by atoms with Crippen LogP contribution in [0.2, 0.25) is 10.0 Å². The molecule has 0 unspecified atom stereocenters. The number of amides is 1. The second-order valence-corrected chi connectivity index (χ2v) is 9.99. The van der Waals surface area contributed by atoms with Crippen LogP contribution in [-0.2, 0) is 14.8 Å². The average molecular weight is 429 g/mol. The number of rotatable bonds is 5. The molecule has 0 saturated carbocycles. The maximum atomic E-state index is 13.2. The van der Waals surface area contributed by atoms with E-state index < -0.39 is 28.0 Å². The molecule has 8 heteroatoms. The smallest absolute Gasteiger partial charge is 0.264 e. The molecule has 1 amide bonds. The summed E-state index contributed by atoms with van der Waals surface area (Å²) in [5.41, 5.74) is 0.649. The number of halogens is 2. The SMILES string of the molecule is Cc1ccc(S(=O)(=O)N(CC(=O)NC(C)(C)C)c2cc(Cl)cc(Cl)c2)cc1.